The third-order valence-corrected chi connectivity index (χ3v) is 8.33. The first-order valence-electron chi connectivity index (χ1n) is 13.9. The standard InChI is InChI=1S/C33H36N2O3/c1-34(37-2)33(36)26-15-17-29-30(21-26)35-19-9-14-25-20-27(38-22-23-10-5-3-6-11-23)16-18-28(25)32(35)31(29)24-12-7-4-8-13-24/h3,5-6,10-11,15-18,20-21,24H,4,7-9,12-14,19,22H2,1-2H3. The SMILES string of the molecule is CON(C)C(=O)c1ccc2c(C3CCCCC3)c3n(c2c1)CCCc1cc(OCc2ccccc2)ccc1-3. The van der Waals surface area contributed by atoms with Gasteiger partial charge < -0.3 is 9.30 Å². The number of nitrogens with zero attached hydrogens (tertiary/aromatic N) is 2. The molecule has 1 aliphatic heterocycles. The van der Waals surface area contributed by atoms with E-state index in [2.05, 4.69) is 47.0 Å². The molecule has 5 nitrogen and oxygen atoms in total. The Bertz CT molecular complexity index is 1450. The quantitative estimate of drug-likeness (QED) is 0.253. The van der Waals surface area contributed by atoms with Crippen molar-refractivity contribution < 1.29 is 14.4 Å². The molecule has 2 heterocycles. The van der Waals surface area contributed by atoms with Crippen LogP contribution in [0.2, 0.25) is 0 Å². The van der Waals surface area contributed by atoms with Crippen LogP contribution in [0.5, 0.6) is 5.75 Å². The highest BCUT2D eigenvalue weighted by atomic mass is 16.7. The number of hydroxylamine groups is 2. The number of rotatable bonds is 6. The van der Waals surface area contributed by atoms with E-state index in [4.69, 9.17) is 9.57 Å². The summed E-state index contributed by atoms with van der Waals surface area (Å²) < 4.78 is 8.69. The third-order valence-electron chi connectivity index (χ3n) is 8.33. The topological polar surface area (TPSA) is 43.7 Å². The number of ether oxygens (including phenoxy) is 1. The molecule has 196 valence electrons. The minimum atomic E-state index is -0.126. The molecule has 0 spiro atoms. The summed E-state index contributed by atoms with van der Waals surface area (Å²) in [5.74, 6) is 1.34. The average molecular weight is 509 g/mol. The summed E-state index contributed by atoms with van der Waals surface area (Å²) in [4.78, 5) is 18.1. The first-order valence-corrected chi connectivity index (χ1v) is 13.9. The zero-order chi connectivity index (χ0) is 26.1. The van der Waals surface area contributed by atoms with Crippen molar-refractivity contribution in [3.05, 3.63) is 89.0 Å². The van der Waals surface area contributed by atoms with Crippen molar-refractivity contribution in [3.63, 3.8) is 0 Å². The molecular formula is C33H36N2O3. The van der Waals surface area contributed by atoms with E-state index in [1.807, 2.05) is 24.3 Å². The van der Waals surface area contributed by atoms with Crippen molar-refractivity contribution in [1.82, 2.24) is 9.63 Å². The van der Waals surface area contributed by atoms with Crippen molar-refractivity contribution in [2.24, 2.45) is 0 Å². The second kappa shape index (κ2) is 10.7. The number of aromatic nitrogens is 1. The molecule has 2 aliphatic rings. The van der Waals surface area contributed by atoms with Crippen LogP contribution < -0.4 is 4.74 Å². The number of benzene rings is 3. The lowest BCUT2D eigenvalue weighted by Crippen LogP contribution is -2.25. The summed E-state index contributed by atoms with van der Waals surface area (Å²) in [5, 5.41) is 2.59. The number of hydrogen-bond acceptors (Lipinski definition) is 3. The Morgan fingerprint density at radius 3 is 2.58 bits per heavy atom. The molecule has 4 aromatic rings. The van der Waals surface area contributed by atoms with Gasteiger partial charge in [-0.05, 0) is 78.6 Å². The van der Waals surface area contributed by atoms with Crippen LogP contribution in [-0.2, 0) is 24.4 Å². The van der Waals surface area contributed by atoms with Crippen LogP contribution in [0.4, 0.5) is 0 Å². The first kappa shape index (κ1) is 24.7. The van der Waals surface area contributed by atoms with E-state index in [0.717, 1.165) is 30.7 Å². The van der Waals surface area contributed by atoms with Gasteiger partial charge in [0.15, 0.2) is 0 Å². The van der Waals surface area contributed by atoms with Crippen LogP contribution in [0.1, 0.15) is 71.5 Å². The Balaban J connectivity index is 1.45. The van der Waals surface area contributed by atoms with Gasteiger partial charge in [0.1, 0.15) is 12.4 Å². The molecule has 0 bridgehead atoms. The molecule has 0 unspecified atom stereocenters. The third kappa shape index (κ3) is 4.60. The number of amides is 1. The van der Waals surface area contributed by atoms with E-state index < -0.39 is 0 Å². The average Bonchev–Trinajstić information content (AvgIpc) is 3.17. The number of fused-ring (bicyclic) bond motifs is 5. The van der Waals surface area contributed by atoms with Gasteiger partial charge in [0.05, 0.1) is 12.8 Å². The highest BCUT2D eigenvalue weighted by molar-refractivity contribution is 6.00. The summed E-state index contributed by atoms with van der Waals surface area (Å²) in [5.41, 5.74) is 8.47. The van der Waals surface area contributed by atoms with Gasteiger partial charge in [-0.2, -0.15) is 0 Å². The molecule has 0 radical (unpaired) electrons. The summed E-state index contributed by atoms with van der Waals surface area (Å²) in [6.07, 6.45) is 8.41. The molecule has 0 saturated heterocycles. The zero-order valence-electron chi connectivity index (χ0n) is 22.4. The van der Waals surface area contributed by atoms with Crippen molar-refractivity contribution in [2.75, 3.05) is 14.2 Å². The Morgan fingerprint density at radius 2 is 1.79 bits per heavy atom. The molecule has 38 heavy (non-hydrogen) atoms. The fourth-order valence-electron chi connectivity index (χ4n) is 6.37. The lowest BCUT2D eigenvalue weighted by atomic mass is 9.81. The fourth-order valence-corrected chi connectivity index (χ4v) is 6.37. The van der Waals surface area contributed by atoms with Gasteiger partial charge in [-0.1, -0.05) is 55.7 Å². The molecule has 1 saturated carbocycles. The molecule has 5 heteroatoms. The summed E-state index contributed by atoms with van der Waals surface area (Å²) in [6.45, 7) is 1.51. The van der Waals surface area contributed by atoms with Crippen LogP contribution in [0, 0.1) is 0 Å². The highest BCUT2D eigenvalue weighted by Crippen LogP contribution is 2.46. The van der Waals surface area contributed by atoms with Crippen molar-refractivity contribution in [3.8, 4) is 17.0 Å². The van der Waals surface area contributed by atoms with E-state index in [1.165, 1.54) is 77.6 Å². The van der Waals surface area contributed by atoms with Crippen molar-refractivity contribution in [1.29, 1.82) is 0 Å². The molecule has 3 aromatic carbocycles. The predicted octanol–water partition coefficient (Wildman–Crippen LogP) is 7.51. The molecule has 1 fully saturated rings. The maximum atomic E-state index is 12.9. The van der Waals surface area contributed by atoms with Crippen LogP contribution in [0.25, 0.3) is 22.2 Å². The second-order valence-corrected chi connectivity index (χ2v) is 10.7. The maximum Gasteiger partial charge on any atom is 0.277 e. The number of carbonyl (C=O) groups is 1. The lowest BCUT2D eigenvalue weighted by molar-refractivity contribution is -0.0756. The number of carbonyl (C=O) groups excluding carboxylic acids is 1. The zero-order valence-corrected chi connectivity index (χ0v) is 22.4. The molecule has 1 aliphatic carbocycles. The van der Waals surface area contributed by atoms with Crippen molar-refractivity contribution in [2.45, 2.75) is 64.0 Å². The Labute approximate surface area is 224 Å². The Kier molecular flexibility index (Phi) is 6.94. The van der Waals surface area contributed by atoms with E-state index >= 15 is 0 Å². The molecule has 0 N–H and O–H groups in total. The summed E-state index contributed by atoms with van der Waals surface area (Å²) >= 11 is 0. The van der Waals surface area contributed by atoms with Crippen LogP contribution in [0.15, 0.2) is 66.7 Å². The highest BCUT2D eigenvalue weighted by Gasteiger charge is 2.29. The fraction of sp³-hybridized carbons (Fsp3) is 0.364. The number of hydrogen-bond donors (Lipinski definition) is 0. The maximum absolute atomic E-state index is 12.9. The monoisotopic (exact) mass is 508 g/mol. The first-order chi connectivity index (χ1) is 18.6. The molecule has 6 rings (SSSR count). The van der Waals surface area contributed by atoms with Gasteiger partial charge in [-0.25, -0.2) is 5.06 Å². The minimum absolute atomic E-state index is 0.126. The van der Waals surface area contributed by atoms with Crippen LogP contribution in [0.3, 0.4) is 0 Å². The van der Waals surface area contributed by atoms with Crippen molar-refractivity contribution >= 4 is 16.8 Å². The molecule has 0 atom stereocenters. The molecular weight excluding hydrogens is 472 g/mol. The normalized spacial score (nSPS) is 15.5. The molecule has 1 aromatic heterocycles. The van der Waals surface area contributed by atoms with Gasteiger partial charge in [0.2, 0.25) is 0 Å². The van der Waals surface area contributed by atoms with Crippen LogP contribution in [-0.4, -0.2) is 29.7 Å². The predicted molar refractivity (Wildman–Crippen MR) is 151 cm³/mol. The van der Waals surface area contributed by atoms with Gasteiger partial charge >= 0.3 is 0 Å². The largest absolute Gasteiger partial charge is 0.489 e. The van der Waals surface area contributed by atoms with E-state index in [1.54, 1.807) is 7.05 Å². The number of aryl methyl sites for hydroxylation is 2. The summed E-state index contributed by atoms with van der Waals surface area (Å²) in [7, 11) is 3.18. The van der Waals surface area contributed by atoms with E-state index in [0.29, 0.717) is 18.1 Å². The van der Waals surface area contributed by atoms with E-state index in [-0.39, 0.29) is 5.91 Å². The minimum Gasteiger partial charge on any atom is -0.489 e. The smallest absolute Gasteiger partial charge is 0.277 e. The van der Waals surface area contributed by atoms with Crippen LogP contribution >= 0.6 is 0 Å². The lowest BCUT2D eigenvalue weighted by Gasteiger charge is -2.24. The van der Waals surface area contributed by atoms with Gasteiger partial charge in [0, 0.05) is 35.6 Å². The van der Waals surface area contributed by atoms with Gasteiger partial charge in [-0.3, -0.25) is 9.63 Å². The Morgan fingerprint density at radius 1 is 0.974 bits per heavy atom. The summed E-state index contributed by atoms with van der Waals surface area (Å²) in [6, 6.07) is 23.2. The molecule has 1 amide bonds. The van der Waals surface area contributed by atoms with Gasteiger partial charge in [0.25, 0.3) is 5.91 Å². The Hall–Kier alpha value is -3.57. The van der Waals surface area contributed by atoms with E-state index in [9.17, 15) is 4.79 Å². The van der Waals surface area contributed by atoms with Gasteiger partial charge in [-0.15, -0.1) is 0 Å². The second-order valence-electron chi connectivity index (χ2n) is 10.7.